The molecule has 2 heteroatoms. The van der Waals surface area contributed by atoms with E-state index in [1.807, 2.05) is 6.08 Å². The maximum atomic E-state index is 9.57. The first-order valence-electron chi connectivity index (χ1n) is 5.18. The van der Waals surface area contributed by atoms with E-state index >= 15 is 0 Å². The van der Waals surface area contributed by atoms with Crippen LogP contribution in [0.3, 0.4) is 0 Å². The second-order valence-corrected chi connectivity index (χ2v) is 9.58. The highest BCUT2D eigenvalue weighted by atomic mass is 28.3. The quantitative estimate of drug-likeness (QED) is 0.430. The predicted molar refractivity (Wildman–Crippen MR) is 65.7 cm³/mol. The van der Waals surface area contributed by atoms with Crippen molar-refractivity contribution in [2.24, 2.45) is 5.92 Å². The van der Waals surface area contributed by atoms with Gasteiger partial charge in [0, 0.05) is 0 Å². The normalized spacial score (nSPS) is 15.2. The molecule has 0 amide bonds. The Morgan fingerprint density at radius 3 is 2.36 bits per heavy atom. The molecule has 0 aromatic rings. The van der Waals surface area contributed by atoms with Gasteiger partial charge in [-0.15, -0.1) is 12.1 Å². The summed E-state index contributed by atoms with van der Waals surface area (Å²) < 4.78 is 0. The van der Waals surface area contributed by atoms with Gasteiger partial charge in [0.1, 0.15) is 14.2 Å². The van der Waals surface area contributed by atoms with Gasteiger partial charge in [-0.1, -0.05) is 38.6 Å². The summed E-state index contributed by atoms with van der Waals surface area (Å²) in [7, 11) is -1.33. The lowest BCUT2D eigenvalue weighted by molar-refractivity contribution is 0.214. The fourth-order valence-electron chi connectivity index (χ4n) is 0.911. The molecule has 14 heavy (non-hydrogen) atoms. The molecule has 0 rings (SSSR count). The SMILES string of the molecule is C=C[C@@H](C)CCC(O)C#C[Si](C)(C)C. The summed E-state index contributed by atoms with van der Waals surface area (Å²) in [6.45, 7) is 12.4. The summed E-state index contributed by atoms with van der Waals surface area (Å²) in [6, 6.07) is 0. The van der Waals surface area contributed by atoms with E-state index in [9.17, 15) is 5.11 Å². The summed E-state index contributed by atoms with van der Waals surface area (Å²) in [6.07, 6.45) is 3.18. The number of hydrogen-bond donors (Lipinski definition) is 1. The molecule has 2 atom stereocenters. The Kier molecular flexibility index (Phi) is 5.83. The maximum Gasteiger partial charge on any atom is 0.129 e. The summed E-state index contributed by atoms with van der Waals surface area (Å²) in [4.78, 5) is 0. The zero-order valence-electron chi connectivity index (χ0n) is 9.80. The highest BCUT2D eigenvalue weighted by Gasteiger charge is 2.09. The van der Waals surface area contributed by atoms with Crippen LogP contribution in [0, 0.1) is 17.4 Å². The van der Waals surface area contributed by atoms with Crippen molar-refractivity contribution in [2.75, 3.05) is 0 Å². The molecule has 0 aromatic carbocycles. The molecule has 0 aliphatic rings. The molecular weight excluding hydrogens is 188 g/mol. The highest BCUT2D eigenvalue weighted by Crippen LogP contribution is 2.08. The van der Waals surface area contributed by atoms with Crippen LogP contribution in [0.15, 0.2) is 12.7 Å². The van der Waals surface area contributed by atoms with Gasteiger partial charge in [-0.25, -0.2) is 0 Å². The first kappa shape index (κ1) is 13.5. The fraction of sp³-hybridized carbons (Fsp3) is 0.667. The second kappa shape index (κ2) is 6.05. The lowest BCUT2D eigenvalue weighted by Gasteiger charge is -2.08. The van der Waals surface area contributed by atoms with E-state index in [0.29, 0.717) is 5.92 Å². The van der Waals surface area contributed by atoms with E-state index in [2.05, 4.69) is 44.6 Å². The summed E-state index contributed by atoms with van der Waals surface area (Å²) in [5, 5.41) is 9.57. The van der Waals surface area contributed by atoms with E-state index in [4.69, 9.17) is 0 Å². The van der Waals surface area contributed by atoms with Crippen molar-refractivity contribution in [3.8, 4) is 11.5 Å². The zero-order valence-corrected chi connectivity index (χ0v) is 10.8. The van der Waals surface area contributed by atoms with Crippen molar-refractivity contribution in [1.29, 1.82) is 0 Å². The van der Waals surface area contributed by atoms with Crippen LogP contribution in [0.5, 0.6) is 0 Å². The van der Waals surface area contributed by atoms with Crippen molar-refractivity contribution >= 4 is 8.07 Å². The molecule has 0 aliphatic heterocycles. The Balaban J connectivity index is 3.90. The van der Waals surface area contributed by atoms with Crippen LogP contribution in [0.1, 0.15) is 19.8 Å². The average Bonchev–Trinajstić information content (AvgIpc) is 2.09. The minimum atomic E-state index is -1.33. The molecule has 80 valence electrons. The third kappa shape index (κ3) is 8.09. The van der Waals surface area contributed by atoms with Crippen molar-refractivity contribution in [3.05, 3.63) is 12.7 Å². The van der Waals surface area contributed by atoms with E-state index in [0.717, 1.165) is 12.8 Å². The standard InChI is InChI=1S/C12H22OSi/c1-6-11(2)7-8-12(13)9-10-14(3,4)5/h6,11-13H,1,7-8H2,2-5H3/t11-,12?/m1/s1. The van der Waals surface area contributed by atoms with Gasteiger partial charge in [0.05, 0.1) is 0 Å². The van der Waals surface area contributed by atoms with Crippen LogP contribution in [0.4, 0.5) is 0 Å². The molecule has 1 N–H and O–H groups in total. The lowest BCUT2D eigenvalue weighted by atomic mass is 10.0. The van der Waals surface area contributed by atoms with E-state index < -0.39 is 14.2 Å². The molecule has 1 unspecified atom stereocenters. The topological polar surface area (TPSA) is 20.2 Å². The third-order valence-corrected chi connectivity index (χ3v) is 2.81. The summed E-state index contributed by atoms with van der Waals surface area (Å²) in [5.74, 6) is 3.41. The number of aliphatic hydroxyl groups excluding tert-OH is 1. The molecule has 0 fully saturated rings. The van der Waals surface area contributed by atoms with Crippen molar-refractivity contribution in [2.45, 2.75) is 45.5 Å². The number of allylic oxidation sites excluding steroid dienone is 1. The summed E-state index contributed by atoms with van der Waals surface area (Å²) in [5.41, 5.74) is 3.18. The van der Waals surface area contributed by atoms with Gasteiger partial charge in [0.15, 0.2) is 0 Å². The van der Waals surface area contributed by atoms with Gasteiger partial charge in [-0.3, -0.25) is 0 Å². The Bertz CT molecular complexity index is 229. The largest absolute Gasteiger partial charge is 0.380 e. The van der Waals surface area contributed by atoms with E-state index in [-0.39, 0.29) is 0 Å². The van der Waals surface area contributed by atoms with Gasteiger partial charge < -0.3 is 5.11 Å². The maximum absolute atomic E-state index is 9.57. The molecule has 0 radical (unpaired) electrons. The van der Waals surface area contributed by atoms with Crippen LogP contribution in [0.2, 0.25) is 19.6 Å². The van der Waals surface area contributed by atoms with E-state index in [1.54, 1.807) is 0 Å². The second-order valence-electron chi connectivity index (χ2n) is 4.83. The third-order valence-electron chi connectivity index (χ3n) is 1.91. The molecule has 0 saturated heterocycles. The lowest BCUT2D eigenvalue weighted by Crippen LogP contribution is -2.18. The van der Waals surface area contributed by atoms with Crippen LogP contribution < -0.4 is 0 Å². The zero-order chi connectivity index (χ0) is 11.2. The van der Waals surface area contributed by atoms with Crippen molar-refractivity contribution < 1.29 is 5.11 Å². The molecule has 0 spiro atoms. The molecular formula is C12H22OSi. The van der Waals surface area contributed by atoms with Gasteiger partial charge in [-0.2, -0.15) is 0 Å². The van der Waals surface area contributed by atoms with Gasteiger partial charge >= 0.3 is 0 Å². The Morgan fingerprint density at radius 1 is 1.36 bits per heavy atom. The van der Waals surface area contributed by atoms with Gasteiger partial charge in [-0.05, 0) is 18.8 Å². The minimum Gasteiger partial charge on any atom is -0.380 e. The van der Waals surface area contributed by atoms with Crippen LogP contribution >= 0.6 is 0 Å². The minimum absolute atomic E-state index is 0.455. The molecule has 0 heterocycles. The van der Waals surface area contributed by atoms with Crippen LogP contribution in [-0.4, -0.2) is 19.3 Å². The predicted octanol–water partition coefficient (Wildman–Crippen LogP) is 2.83. The number of rotatable bonds is 4. The van der Waals surface area contributed by atoms with Gasteiger partial charge in [0.25, 0.3) is 0 Å². The smallest absolute Gasteiger partial charge is 0.129 e. The van der Waals surface area contributed by atoms with Crippen LogP contribution in [0.25, 0.3) is 0 Å². The first-order chi connectivity index (χ1) is 6.35. The monoisotopic (exact) mass is 210 g/mol. The Morgan fingerprint density at radius 2 is 1.93 bits per heavy atom. The molecule has 1 nitrogen and oxygen atoms in total. The average molecular weight is 210 g/mol. The van der Waals surface area contributed by atoms with Crippen molar-refractivity contribution in [1.82, 2.24) is 0 Å². The van der Waals surface area contributed by atoms with Crippen LogP contribution in [-0.2, 0) is 0 Å². The molecule has 0 aromatic heterocycles. The summed E-state index contributed by atoms with van der Waals surface area (Å²) >= 11 is 0. The van der Waals surface area contributed by atoms with Crippen molar-refractivity contribution in [3.63, 3.8) is 0 Å². The number of aliphatic hydroxyl groups is 1. The fourth-order valence-corrected chi connectivity index (χ4v) is 1.51. The first-order valence-corrected chi connectivity index (χ1v) is 8.68. The highest BCUT2D eigenvalue weighted by molar-refractivity contribution is 6.83. The Hall–Kier alpha value is -0.523. The van der Waals surface area contributed by atoms with Gasteiger partial charge in [0.2, 0.25) is 0 Å². The van der Waals surface area contributed by atoms with E-state index in [1.165, 1.54) is 0 Å². The molecule has 0 aliphatic carbocycles. The number of hydrogen-bond acceptors (Lipinski definition) is 1. The molecule has 0 bridgehead atoms. The molecule has 0 saturated carbocycles. The Labute approximate surface area is 89.2 Å².